The molecule has 1 N–H and O–H groups in total. The van der Waals surface area contributed by atoms with E-state index >= 15 is 0 Å². The predicted octanol–water partition coefficient (Wildman–Crippen LogP) is 0.393. The summed E-state index contributed by atoms with van der Waals surface area (Å²) in [5.74, 6) is 0. The smallest absolute Gasteiger partial charge is 0.0599 e. The first-order chi connectivity index (χ1) is 6.01. The zero-order chi connectivity index (χ0) is 10.1. The Balaban J connectivity index is 2.66. The van der Waals surface area contributed by atoms with Gasteiger partial charge in [0, 0.05) is 24.7 Å². The van der Waals surface area contributed by atoms with E-state index in [2.05, 4.69) is 37.6 Å². The van der Waals surface area contributed by atoms with E-state index in [1.165, 1.54) is 0 Å². The number of likely N-dealkylation sites (N-methyl/N-ethyl adjacent to an activating group) is 2. The number of rotatable bonds is 2. The van der Waals surface area contributed by atoms with Crippen LogP contribution in [0.15, 0.2) is 0 Å². The van der Waals surface area contributed by atoms with Gasteiger partial charge in [-0.2, -0.15) is 0 Å². The summed E-state index contributed by atoms with van der Waals surface area (Å²) in [6.45, 7) is 9.98. The van der Waals surface area contributed by atoms with Gasteiger partial charge in [0.2, 0.25) is 0 Å². The van der Waals surface area contributed by atoms with Crippen LogP contribution in [-0.2, 0) is 0 Å². The number of piperazine rings is 1. The monoisotopic (exact) mass is 186 g/mol. The fourth-order valence-electron chi connectivity index (χ4n) is 1.97. The molecule has 0 saturated carbocycles. The molecule has 3 nitrogen and oxygen atoms in total. The quantitative estimate of drug-likeness (QED) is 0.676. The molecule has 0 radical (unpaired) electrons. The van der Waals surface area contributed by atoms with Crippen LogP contribution in [0, 0.1) is 0 Å². The summed E-state index contributed by atoms with van der Waals surface area (Å²) in [5, 5.41) is 9.21. The lowest BCUT2D eigenvalue weighted by atomic mass is 9.96. The maximum absolute atomic E-state index is 9.21. The summed E-state index contributed by atoms with van der Waals surface area (Å²) in [5.41, 5.74) is 0.238. The molecule has 1 aliphatic rings. The van der Waals surface area contributed by atoms with E-state index in [0.29, 0.717) is 6.04 Å². The van der Waals surface area contributed by atoms with Crippen LogP contribution in [0.2, 0.25) is 0 Å². The highest BCUT2D eigenvalue weighted by molar-refractivity contribution is 4.92. The Hall–Kier alpha value is -0.120. The lowest BCUT2D eigenvalue weighted by Gasteiger charge is -2.49. The summed E-state index contributed by atoms with van der Waals surface area (Å²) >= 11 is 0. The normalized spacial score (nSPS) is 30.7. The van der Waals surface area contributed by atoms with Crippen molar-refractivity contribution in [1.29, 1.82) is 0 Å². The zero-order valence-electron chi connectivity index (χ0n) is 9.25. The van der Waals surface area contributed by atoms with Gasteiger partial charge in [-0.05, 0) is 27.4 Å². The highest BCUT2D eigenvalue weighted by atomic mass is 16.3. The minimum absolute atomic E-state index is 0.238. The average molecular weight is 186 g/mol. The first-order valence-electron chi connectivity index (χ1n) is 5.07. The Kier molecular flexibility index (Phi) is 3.33. The van der Waals surface area contributed by atoms with Gasteiger partial charge < -0.3 is 5.11 Å². The molecule has 0 amide bonds. The zero-order valence-corrected chi connectivity index (χ0v) is 9.25. The fourth-order valence-corrected chi connectivity index (χ4v) is 1.97. The lowest BCUT2D eigenvalue weighted by Crippen LogP contribution is -2.62. The third-order valence-electron chi connectivity index (χ3n) is 3.24. The molecular weight excluding hydrogens is 164 g/mol. The molecule has 0 aromatic rings. The molecular formula is C10H22N2O. The van der Waals surface area contributed by atoms with E-state index in [-0.39, 0.29) is 12.1 Å². The van der Waals surface area contributed by atoms with Gasteiger partial charge in [-0.3, -0.25) is 9.80 Å². The van der Waals surface area contributed by atoms with Crippen molar-refractivity contribution in [2.75, 3.05) is 33.3 Å². The molecule has 0 aromatic carbocycles. The van der Waals surface area contributed by atoms with Gasteiger partial charge in [-0.1, -0.05) is 6.92 Å². The lowest BCUT2D eigenvalue weighted by molar-refractivity contribution is -0.0177. The van der Waals surface area contributed by atoms with Gasteiger partial charge in [-0.25, -0.2) is 0 Å². The predicted molar refractivity (Wildman–Crippen MR) is 54.8 cm³/mol. The summed E-state index contributed by atoms with van der Waals surface area (Å²) in [7, 11) is 2.13. The van der Waals surface area contributed by atoms with Gasteiger partial charge in [-0.15, -0.1) is 0 Å². The Bertz CT molecular complexity index is 170. The molecule has 1 saturated heterocycles. The second kappa shape index (κ2) is 3.95. The van der Waals surface area contributed by atoms with E-state index in [1.807, 2.05) is 0 Å². The highest BCUT2D eigenvalue weighted by Gasteiger charge is 2.35. The van der Waals surface area contributed by atoms with Crippen LogP contribution in [0.4, 0.5) is 0 Å². The third-order valence-corrected chi connectivity index (χ3v) is 3.24. The van der Waals surface area contributed by atoms with Crippen LogP contribution in [0.1, 0.15) is 20.8 Å². The standard InChI is InChI=1S/C10H22N2O/c1-5-12-8-10(2,3)11(4)6-9(12)7-13/h9,13H,5-8H2,1-4H3. The van der Waals surface area contributed by atoms with E-state index in [0.717, 1.165) is 19.6 Å². The van der Waals surface area contributed by atoms with E-state index < -0.39 is 0 Å². The number of hydrogen-bond donors (Lipinski definition) is 1. The van der Waals surface area contributed by atoms with E-state index in [9.17, 15) is 5.11 Å². The Morgan fingerprint density at radius 2 is 2.08 bits per heavy atom. The Morgan fingerprint density at radius 1 is 1.46 bits per heavy atom. The first-order valence-corrected chi connectivity index (χ1v) is 5.07. The molecule has 1 rings (SSSR count). The van der Waals surface area contributed by atoms with Crippen LogP contribution in [0.25, 0.3) is 0 Å². The van der Waals surface area contributed by atoms with Gasteiger partial charge in [0.25, 0.3) is 0 Å². The maximum Gasteiger partial charge on any atom is 0.0599 e. The van der Waals surface area contributed by atoms with Crippen LogP contribution in [0.5, 0.6) is 0 Å². The topological polar surface area (TPSA) is 26.7 Å². The van der Waals surface area contributed by atoms with Gasteiger partial charge in [0.05, 0.1) is 6.61 Å². The molecule has 13 heavy (non-hydrogen) atoms. The van der Waals surface area contributed by atoms with Crippen LogP contribution in [-0.4, -0.2) is 59.8 Å². The first kappa shape index (κ1) is 11.0. The van der Waals surface area contributed by atoms with Crippen LogP contribution in [0.3, 0.4) is 0 Å². The molecule has 0 bridgehead atoms. The SMILES string of the molecule is CCN1CC(C)(C)N(C)CC1CO. The van der Waals surface area contributed by atoms with Crippen molar-refractivity contribution >= 4 is 0 Å². The number of nitrogens with zero attached hydrogens (tertiary/aromatic N) is 2. The molecule has 1 aliphatic heterocycles. The fraction of sp³-hybridized carbons (Fsp3) is 1.00. The van der Waals surface area contributed by atoms with Crippen molar-refractivity contribution < 1.29 is 5.11 Å². The molecule has 1 heterocycles. The second-order valence-electron chi connectivity index (χ2n) is 4.59. The van der Waals surface area contributed by atoms with Crippen molar-refractivity contribution in [2.24, 2.45) is 0 Å². The largest absolute Gasteiger partial charge is 0.395 e. The summed E-state index contributed by atoms with van der Waals surface area (Å²) in [4.78, 5) is 4.69. The summed E-state index contributed by atoms with van der Waals surface area (Å²) < 4.78 is 0. The minimum atomic E-state index is 0.238. The summed E-state index contributed by atoms with van der Waals surface area (Å²) in [6, 6.07) is 0.322. The molecule has 1 fully saturated rings. The van der Waals surface area contributed by atoms with Crippen LogP contribution >= 0.6 is 0 Å². The molecule has 3 heteroatoms. The molecule has 1 unspecified atom stereocenters. The minimum Gasteiger partial charge on any atom is -0.395 e. The van der Waals surface area contributed by atoms with Gasteiger partial charge in [0.15, 0.2) is 0 Å². The molecule has 0 aliphatic carbocycles. The number of aliphatic hydroxyl groups is 1. The van der Waals surface area contributed by atoms with Gasteiger partial charge in [0.1, 0.15) is 0 Å². The van der Waals surface area contributed by atoms with Gasteiger partial charge >= 0.3 is 0 Å². The maximum atomic E-state index is 9.21. The molecule has 78 valence electrons. The van der Waals surface area contributed by atoms with Crippen LogP contribution < -0.4 is 0 Å². The van der Waals surface area contributed by atoms with Crippen molar-refractivity contribution in [3.8, 4) is 0 Å². The van der Waals surface area contributed by atoms with Crippen molar-refractivity contribution in [3.63, 3.8) is 0 Å². The Morgan fingerprint density at radius 3 is 2.54 bits per heavy atom. The number of hydrogen-bond acceptors (Lipinski definition) is 3. The highest BCUT2D eigenvalue weighted by Crippen LogP contribution is 2.21. The van der Waals surface area contributed by atoms with E-state index in [4.69, 9.17) is 0 Å². The second-order valence-corrected chi connectivity index (χ2v) is 4.59. The van der Waals surface area contributed by atoms with Crippen molar-refractivity contribution in [1.82, 2.24) is 9.80 Å². The third kappa shape index (κ3) is 2.22. The van der Waals surface area contributed by atoms with Crippen molar-refractivity contribution in [2.45, 2.75) is 32.4 Å². The molecule has 0 spiro atoms. The Labute approximate surface area is 81.3 Å². The van der Waals surface area contributed by atoms with E-state index in [1.54, 1.807) is 0 Å². The summed E-state index contributed by atoms with van der Waals surface area (Å²) in [6.07, 6.45) is 0. The average Bonchev–Trinajstić information content (AvgIpc) is 2.08. The van der Waals surface area contributed by atoms with Crippen molar-refractivity contribution in [3.05, 3.63) is 0 Å². The number of aliphatic hydroxyl groups excluding tert-OH is 1. The molecule has 0 aromatic heterocycles. The molecule has 1 atom stereocenters.